The first-order valence-electron chi connectivity index (χ1n) is 15.9. The number of aromatic amines is 1. The van der Waals surface area contributed by atoms with Gasteiger partial charge in [0, 0.05) is 36.7 Å². The van der Waals surface area contributed by atoms with Gasteiger partial charge in [-0.1, -0.05) is 12.2 Å². The number of fused-ring (bicyclic) bond motifs is 3. The van der Waals surface area contributed by atoms with Gasteiger partial charge in [-0.3, -0.25) is 19.8 Å². The average Bonchev–Trinajstić information content (AvgIpc) is 3.74. The first-order valence-corrected chi connectivity index (χ1v) is 15.9. The number of H-pyrrole nitrogens is 1. The van der Waals surface area contributed by atoms with Crippen LogP contribution in [-0.4, -0.2) is 86.6 Å². The number of benzene rings is 1. The van der Waals surface area contributed by atoms with E-state index < -0.39 is 34.9 Å². The van der Waals surface area contributed by atoms with Crippen molar-refractivity contribution in [1.82, 2.24) is 30.0 Å². The number of nitrogens with zero attached hydrogens (tertiary/aromatic N) is 6. The molecule has 3 saturated heterocycles. The third-order valence-electron chi connectivity index (χ3n) is 9.83. The lowest BCUT2D eigenvalue weighted by Gasteiger charge is -2.39. The third kappa shape index (κ3) is 5.51. The first-order chi connectivity index (χ1) is 22.9. The van der Waals surface area contributed by atoms with Crippen LogP contribution in [0.15, 0.2) is 24.5 Å². The lowest BCUT2D eigenvalue weighted by Crippen LogP contribution is -2.48. The summed E-state index contributed by atoms with van der Waals surface area (Å²) in [5, 5.41) is 6.94. The number of carbonyl (C=O) groups excluding carboxylic acids is 1. The second-order valence-corrected chi connectivity index (χ2v) is 13.1. The molecule has 3 aromatic heterocycles. The van der Waals surface area contributed by atoms with E-state index in [0.717, 1.165) is 25.5 Å². The Kier molecular flexibility index (Phi) is 8.00. The molecule has 0 spiro atoms. The van der Waals surface area contributed by atoms with Gasteiger partial charge in [0.25, 0.3) is 6.47 Å². The molecule has 3 aliphatic heterocycles. The summed E-state index contributed by atoms with van der Waals surface area (Å²) in [5.74, 6) is -0.696. The summed E-state index contributed by atoms with van der Waals surface area (Å²) in [5.41, 5.74) is -3.23. The van der Waals surface area contributed by atoms with Crippen molar-refractivity contribution in [2.45, 2.75) is 69.4 Å². The highest BCUT2D eigenvalue weighted by Gasteiger charge is 2.49. The van der Waals surface area contributed by atoms with Crippen LogP contribution < -0.4 is 9.64 Å². The van der Waals surface area contributed by atoms with Gasteiger partial charge in [-0.2, -0.15) is 28.2 Å². The lowest BCUT2D eigenvalue weighted by molar-refractivity contribution is -0.142. The molecular weight excluding hydrogens is 637 g/mol. The van der Waals surface area contributed by atoms with Gasteiger partial charge in [-0.15, -0.1) is 0 Å². The summed E-state index contributed by atoms with van der Waals surface area (Å²) in [4.78, 5) is 28.7. The average molecular weight is 672 g/mol. The normalized spacial score (nSPS) is 25.0. The summed E-state index contributed by atoms with van der Waals surface area (Å²) >= 11 is 0. The molecule has 3 aliphatic rings. The quantitative estimate of drug-likeness (QED) is 0.172. The second kappa shape index (κ2) is 11.9. The van der Waals surface area contributed by atoms with Gasteiger partial charge in [0.2, 0.25) is 0 Å². The predicted molar refractivity (Wildman–Crippen MR) is 168 cm³/mol. The zero-order valence-electron chi connectivity index (χ0n) is 26.4. The zero-order valence-corrected chi connectivity index (χ0v) is 26.4. The zero-order chi connectivity index (χ0) is 33.8. The number of piperidine rings is 1. The highest BCUT2D eigenvalue weighted by atomic mass is 19.4. The molecule has 254 valence electrons. The van der Waals surface area contributed by atoms with Crippen LogP contribution in [-0.2, 0) is 15.7 Å². The molecule has 3 fully saturated rings. The number of hydrogen-bond donors (Lipinski definition) is 1. The Bertz CT molecular complexity index is 1920. The number of alkyl halides is 4. The molecule has 3 atom stereocenters. The van der Waals surface area contributed by atoms with E-state index in [1.54, 1.807) is 13.8 Å². The van der Waals surface area contributed by atoms with Crippen molar-refractivity contribution in [2.75, 3.05) is 37.7 Å². The Labute approximate surface area is 272 Å². The van der Waals surface area contributed by atoms with Crippen LogP contribution in [0.5, 0.6) is 6.01 Å². The maximum Gasteiger partial charge on any atom is 0.417 e. The Morgan fingerprint density at radius 2 is 1.96 bits per heavy atom. The molecule has 7 rings (SSSR count). The largest absolute Gasteiger partial charge is 0.461 e. The fourth-order valence-electron chi connectivity index (χ4n) is 7.68. The number of allylic oxidation sites excluding steroid dienone is 1. The summed E-state index contributed by atoms with van der Waals surface area (Å²) in [6.07, 6.45) is 2.77. The van der Waals surface area contributed by atoms with Gasteiger partial charge in [0.1, 0.15) is 35.4 Å². The maximum atomic E-state index is 17.0. The number of ether oxygens (including phenoxy) is 2. The number of hydrogen-bond acceptors (Lipinski definition) is 9. The van der Waals surface area contributed by atoms with E-state index in [1.165, 1.54) is 24.5 Å². The van der Waals surface area contributed by atoms with E-state index in [1.807, 2.05) is 4.90 Å². The number of anilines is 1. The van der Waals surface area contributed by atoms with E-state index in [2.05, 4.69) is 30.0 Å². The SMILES string of the molecule is C/C=C\c1c(C(F)(F)F)cc2[nH]ncc2c1-c1ncc2c(N3CCC[C@@](C)(OC=O)C3)nc(OC[C@@]34CCCN3C[C@H](F)C4)nc2c1F. The van der Waals surface area contributed by atoms with Gasteiger partial charge in [0.15, 0.2) is 5.82 Å². The van der Waals surface area contributed by atoms with Crippen LogP contribution in [0.1, 0.15) is 57.1 Å². The Balaban J connectivity index is 1.40. The smallest absolute Gasteiger partial charge is 0.417 e. The molecule has 0 radical (unpaired) electrons. The van der Waals surface area contributed by atoms with Gasteiger partial charge in [0.05, 0.1) is 34.7 Å². The fourth-order valence-corrected chi connectivity index (χ4v) is 7.68. The summed E-state index contributed by atoms with van der Waals surface area (Å²) in [7, 11) is 0. The maximum absolute atomic E-state index is 17.0. The molecule has 6 heterocycles. The molecule has 0 bridgehead atoms. The molecule has 0 unspecified atom stereocenters. The highest BCUT2D eigenvalue weighted by Crippen LogP contribution is 2.44. The van der Waals surface area contributed by atoms with E-state index in [-0.39, 0.29) is 63.6 Å². The number of halogens is 5. The van der Waals surface area contributed by atoms with Gasteiger partial charge >= 0.3 is 12.2 Å². The van der Waals surface area contributed by atoms with Crippen molar-refractivity contribution in [2.24, 2.45) is 0 Å². The standard InChI is InChI=1S/C33H34F5N7O3/c1-3-6-20-23(33(36,37)38)11-24-21(14-40-43-24)25(20)28-26(35)27-22(13-39-28)29(44-9-4-7-31(2,16-44)48-18-46)42-30(41-27)47-17-32-8-5-10-45(32)15-19(34)12-32/h3,6,11,13-14,18-19H,4-5,7-10,12,15-17H2,1-2H3,(H,40,43)/b6-3-/t19-,31-,32+/m1/s1. The molecule has 4 aromatic rings. The van der Waals surface area contributed by atoms with E-state index >= 15 is 4.39 Å². The molecule has 0 amide bonds. The van der Waals surface area contributed by atoms with Crippen LogP contribution in [0.2, 0.25) is 0 Å². The molecule has 10 nitrogen and oxygen atoms in total. The third-order valence-corrected chi connectivity index (χ3v) is 9.83. The van der Waals surface area contributed by atoms with E-state index in [9.17, 15) is 22.4 Å². The van der Waals surface area contributed by atoms with Crippen LogP contribution in [0.25, 0.3) is 39.1 Å². The molecule has 15 heteroatoms. The van der Waals surface area contributed by atoms with Crippen molar-refractivity contribution in [3.8, 4) is 17.3 Å². The predicted octanol–water partition coefficient (Wildman–Crippen LogP) is 6.25. The Morgan fingerprint density at radius 1 is 1.15 bits per heavy atom. The highest BCUT2D eigenvalue weighted by molar-refractivity contribution is 6.01. The number of aromatic nitrogens is 5. The van der Waals surface area contributed by atoms with E-state index in [0.29, 0.717) is 38.8 Å². The Morgan fingerprint density at radius 3 is 2.73 bits per heavy atom. The number of nitrogens with one attached hydrogen (secondary N) is 1. The van der Waals surface area contributed by atoms with Crippen LogP contribution in [0.3, 0.4) is 0 Å². The number of carbonyl (C=O) groups is 1. The number of pyridine rings is 1. The van der Waals surface area contributed by atoms with Crippen LogP contribution in [0.4, 0.5) is 27.8 Å². The van der Waals surface area contributed by atoms with E-state index in [4.69, 9.17) is 9.47 Å². The van der Waals surface area contributed by atoms with Gasteiger partial charge < -0.3 is 14.4 Å². The van der Waals surface area contributed by atoms with Crippen LogP contribution >= 0.6 is 0 Å². The lowest BCUT2D eigenvalue weighted by atomic mass is 9.93. The van der Waals surface area contributed by atoms with Crippen molar-refractivity contribution < 1.29 is 36.2 Å². The number of rotatable bonds is 8. The monoisotopic (exact) mass is 671 g/mol. The van der Waals surface area contributed by atoms with Gasteiger partial charge in [-0.25, -0.2) is 8.78 Å². The van der Waals surface area contributed by atoms with Crippen molar-refractivity contribution in [3.05, 3.63) is 41.5 Å². The molecule has 0 aliphatic carbocycles. The minimum Gasteiger partial charge on any atom is -0.461 e. The first kappa shape index (κ1) is 32.2. The molecular formula is C33H34F5N7O3. The summed E-state index contributed by atoms with van der Waals surface area (Å²) in [6, 6.07) is 0.782. The van der Waals surface area contributed by atoms with Crippen molar-refractivity contribution in [1.29, 1.82) is 0 Å². The summed E-state index contributed by atoms with van der Waals surface area (Å²) in [6.45, 7) is 5.61. The summed E-state index contributed by atoms with van der Waals surface area (Å²) < 4.78 is 86.0. The minimum atomic E-state index is -4.76. The fraction of sp³-hybridized carbons (Fsp3) is 0.485. The minimum absolute atomic E-state index is 0.0603. The van der Waals surface area contributed by atoms with Crippen molar-refractivity contribution >= 4 is 40.2 Å². The van der Waals surface area contributed by atoms with Crippen molar-refractivity contribution in [3.63, 3.8) is 0 Å². The molecule has 1 aromatic carbocycles. The molecule has 0 saturated carbocycles. The molecule has 48 heavy (non-hydrogen) atoms. The molecule has 1 N–H and O–H groups in total. The topological polar surface area (TPSA) is 109 Å². The van der Waals surface area contributed by atoms with Gasteiger partial charge in [-0.05, 0) is 57.7 Å². The van der Waals surface area contributed by atoms with Crippen LogP contribution in [0, 0.1) is 5.82 Å². The Hall–Kier alpha value is -4.40. The second-order valence-electron chi connectivity index (χ2n) is 13.1.